The van der Waals surface area contributed by atoms with Crippen LogP contribution in [0, 0.1) is 6.08 Å². The van der Waals surface area contributed by atoms with Crippen LogP contribution < -0.4 is 24.8 Å². The van der Waals surface area contributed by atoms with Gasteiger partial charge < -0.3 is 29.2 Å². The Morgan fingerprint density at radius 1 is 1.33 bits per heavy atom. The zero-order valence-electron chi connectivity index (χ0n) is 9.44. The number of rotatable bonds is 4. The quantitative estimate of drug-likeness (QED) is 0.389. The standard InChI is InChI=1S/C10H17OSi.2ClH.Zr/c1-12(2,3)11-9-8-10-6-4-5-7-10;;;/h4,6H,5,8-9H2,1-3H3;2*1H;/q-1;;;+3/p-2. The van der Waals surface area contributed by atoms with Crippen molar-refractivity contribution in [3.8, 4) is 0 Å². The molecule has 5 heteroatoms. The summed E-state index contributed by atoms with van der Waals surface area (Å²) in [7, 11) is -1.29. The zero-order valence-corrected chi connectivity index (χ0v) is 14.4. The molecule has 0 spiro atoms. The Bertz CT molecular complexity index is 212. The second kappa shape index (κ2) is 10.3. The van der Waals surface area contributed by atoms with Crippen LogP contribution in [0.15, 0.2) is 17.7 Å². The Morgan fingerprint density at radius 3 is 2.33 bits per heavy atom. The Balaban J connectivity index is -0.000000480. The number of hydrogen-bond donors (Lipinski definition) is 0. The van der Waals surface area contributed by atoms with Gasteiger partial charge in [0.1, 0.15) is 0 Å². The van der Waals surface area contributed by atoms with Gasteiger partial charge in [-0.1, -0.05) is 0 Å². The molecular formula is C10H17Cl2OSiZr. The van der Waals surface area contributed by atoms with Crippen molar-refractivity contribution in [1.29, 1.82) is 0 Å². The Hall–Kier alpha value is 1.12. The second-order valence-corrected chi connectivity index (χ2v) is 8.53. The van der Waals surface area contributed by atoms with Crippen LogP contribution in [-0.2, 0) is 30.6 Å². The number of halogens is 2. The van der Waals surface area contributed by atoms with Crippen molar-refractivity contribution in [3.63, 3.8) is 0 Å². The van der Waals surface area contributed by atoms with E-state index in [0.29, 0.717) is 0 Å². The molecule has 0 aliphatic heterocycles. The molecule has 0 saturated carbocycles. The van der Waals surface area contributed by atoms with Gasteiger partial charge in [0.2, 0.25) is 0 Å². The van der Waals surface area contributed by atoms with Gasteiger partial charge in [-0.15, -0.1) is 6.42 Å². The molecule has 0 heterocycles. The normalized spacial score (nSPS) is 13.4. The first-order valence-electron chi connectivity index (χ1n) is 4.48. The molecule has 0 amide bonds. The molecule has 1 rings (SSSR count). The SMILES string of the molecule is C[Si](C)(C)OCCC1=[C-]CC=C1.[Cl-].[Cl-].[Zr+3]. The van der Waals surface area contributed by atoms with E-state index >= 15 is 0 Å². The van der Waals surface area contributed by atoms with Gasteiger partial charge in [-0.05, 0) is 26.1 Å². The zero-order chi connectivity index (χ0) is 9.03. The largest absolute Gasteiger partial charge is 3.00 e. The third kappa shape index (κ3) is 11.4. The third-order valence-electron chi connectivity index (χ3n) is 1.67. The van der Waals surface area contributed by atoms with E-state index in [1.54, 1.807) is 0 Å². The van der Waals surface area contributed by atoms with Gasteiger partial charge in [0, 0.05) is 6.61 Å². The summed E-state index contributed by atoms with van der Waals surface area (Å²) in [5, 5.41) is 0. The Labute approximate surface area is 126 Å². The van der Waals surface area contributed by atoms with E-state index in [1.807, 2.05) is 0 Å². The summed E-state index contributed by atoms with van der Waals surface area (Å²) >= 11 is 0. The molecular weight excluding hydrogens is 326 g/mol. The van der Waals surface area contributed by atoms with E-state index in [2.05, 4.69) is 37.9 Å². The van der Waals surface area contributed by atoms with Gasteiger partial charge in [-0.25, -0.2) is 11.6 Å². The van der Waals surface area contributed by atoms with Crippen LogP contribution in [0.5, 0.6) is 0 Å². The summed E-state index contributed by atoms with van der Waals surface area (Å²) in [6.07, 6.45) is 9.59. The van der Waals surface area contributed by atoms with Crippen molar-refractivity contribution in [1.82, 2.24) is 0 Å². The third-order valence-corrected chi connectivity index (χ3v) is 2.74. The molecule has 15 heavy (non-hydrogen) atoms. The fraction of sp³-hybridized carbons (Fsp3) is 0.600. The van der Waals surface area contributed by atoms with Gasteiger partial charge in [-0.3, -0.25) is 6.08 Å². The maximum absolute atomic E-state index is 5.74. The summed E-state index contributed by atoms with van der Waals surface area (Å²) in [6, 6.07) is 0. The van der Waals surface area contributed by atoms with Crippen LogP contribution in [-0.4, -0.2) is 14.9 Å². The second-order valence-electron chi connectivity index (χ2n) is 4.02. The minimum atomic E-state index is -1.29. The van der Waals surface area contributed by atoms with Crippen molar-refractivity contribution < 1.29 is 55.4 Å². The van der Waals surface area contributed by atoms with Crippen LogP contribution in [0.3, 0.4) is 0 Å². The van der Waals surface area contributed by atoms with Gasteiger partial charge in [-0.2, -0.15) is 6.08 Å². The predicted molar refractivity (Wildman–Crippen MR) is 54.4 cm³/mol. The van der Waals surface area contributed by atoms with Gasteiger partial charge in [0.05, 0.1) is 0 Å². The first-order chi connectivity index (χ1) is 5.58. The molecule has 1 nitrogen and oxygen atoms in total. The molecule has 1 aliphatic carbocycles. The molecule has 85 valence electrons. The number of hydrogen-bond acceptors (Lipinski definition) is 1. The maximum atomic E-state index is 5.74. The molecule has 0 aromatic carbocycles. The first kappa shape index (κ1) is 21.4. The molecule has 0 saturated heterocycles. The summed E-state index contributed by atoms with van der Waals surface area (Å²) in [5.74, 6) is 0. The van der Waals surface area contributed by atoms with E-state index in [0.717, 1.165) is 19.4 Å². The Kier molecular flexibility index (Phi) is 14.7. The molecule has 0 N–H and O–H groups in total. The van der Waals surface area contributed by atoms with Crippen LogP contribution in [0.2, 0.25) is 19.6 Å². The maximum Gasteiger partial charge on any atom is 3.00 e. The minimum absolute atomic E-state index is 0. The van der Waals surface area contributed by atoms with Crippen molar-refractivity contribution >= 4 is 8.32 Å². The number of allylic oxidation sites excluding steroid dienone is 3. The van der Waals surface area contributed by atoms with Crippen LogP contribution in [0.25, 0.3) is 0 Å². The molecule has 0 bridgehead atoms. The summed E-state index contributed by atoms with van der Waals surface area (Å²) in [4.78, 5) is 0. The first-order valence-corrected chi connectivity index (χ1v) is 7.89. The van der Waals surface area contributed by atoms with E-state index in [-0.39, 0.29) is 51.0 Å². The van der Waals surface area contributed by atoms with Gasteiger partial charge in [0.25, 0.3) is 0 Å². The van der Waals surface area contributed by atoms with Gasteiger partial charge >= 0.3 is 26.2 Å². The minimum Gasteiger partial charge on any atom is -1.00 e. The summed E-state index contributed by atoms with van der Waals surface area (Å²) < 4.78 is 5.74. The van der Waals surface area contributed by atoms with E-state index in [4.69, 9.17) is 4.43 Å². The summed E-state index contributed by atoms with van der Waals surface area (Å²) in [5.41, 5.74) is 1.31. The molecule has 0 fully saturated rings. The van der Waals surface area contributed by atoms with Crippen LogP contribution >= 0.6 is 0 Å². The predicted octanol–water partition coefficient (Wildman–Crippen LogP) is -3.08. The molecule has 0 aromatic rings. The smallest absolute Gasteiger partial charge is 1.00 e. The molecule has 0 unspecified atom stereocenters. The van der Waals surface area contributed by atoms with Crippen molar-refractivity contribution in [3.05, 3.63) is 23.8 Å². The van der Waals surface area contributed by atoms with Crippen LogP contribution in [0.1, 0.15) is 12.8 Å². The van der Waals surface area contributed by atoms with E-state index < -0.39 is 8.32 Å². The average Bonchev–Trinajstić information content (AvgIpc) is 2.36. The molecule has 0 aromatic heterocycles. The monoisotopic (exact) mass is 341 g/mol. The van der Waals surface area contributed by atoms with Gasteiger partial charge in [0.15, 0.2) is 8.32 Å². The van der Waals surface area contributed by atoms with Crippen molar-refractivity contribution in [2.45, 2.75) is 32.5 Å². The molecule has 1 aliphatic rings. The molecule has 0 atom stereocenters. The molecule has 1 radical (unpaired) electrons. The van der Waals surface area contributed by atoms with E-state index in [9.17, 15) is 0 Å². The van der Waals surface area contributed by atoms with Crippen LogP contribution in [0.4, 0.5) is 0 Å². The summed E-state index contributed by atoms with van der Waals surface area (Å²) in [6.45, 7) is 7.52. The fourth-order valence-corrected chi connectivity index (χ4v) is 1.80. The Morgan fingerprint density at radius 2 is 1.93 bits per heavy atom. The van der Waals surface area contributed by atoms with Crippen molar-refractivity contribution in [2.24, 2.45) is 0 Å². The average molecular weight is 343 g/mol. The van der Waals surface area contributed by atoms with Crippen molar-refractivity contribution in [2.75, 3.05) is 6.61 Å². The topological polar surface area (TPSA) is 9.23 Å². The van der Waals surface area contributed by atoms with E-state index in [1.165, 1.54) is 5.57 Å². The fourth-order valence-electron chi connectivity index (χ4n) is 1.09.